The summed E-state index contributed by atoms with van der Waals surface area (Å²) in [4.78, 5) is 4.27. The van der Waals surface area contributed by atoms with Crippen LogP contribution in [-0.2, 0) is 12.8 Å². The van der Waals surface area contributed by atoms with Crippen LogP contribution in [0.2, 0.25) is 0 Å². The van der Waals surface area contributed by atoms with Crippen molar-refractivity contribution in [1.29, 1.82) is 5.26 Å². The molecule has 4 heteroatoms. The fourth-order valence-corrected chi connectivity index (χ4v) is 2.68. The highest BCUT2D eigenvalue weighted by atomic mass is 19.1. The summed E-state index contributed by atoms with van der Waals surface area (Å²) in [6.45, 7) is 0. The summed E-state index contributed by atoms with van der Waals surface area (Å²) in [5.41, 5.74) is 9.05. The van der Waals surface area contributed by atoms with Crippen LogP contribution in [-0.4, -0.2) is 4.98 Å². The maximum Gasteiger partial charge on any atom is 0.142 e. The fraction of sp³-hybridized carbons (Fsp3) is 0.200. The molecule has 1 heterocycles. The Hall–Kier alpha value is -2.41. The SMILES string of the molecule is N#Cc1c(N)nc2c(c1-c1ccccc1F)CCC2. The van der Waals surface area contributed by atoms with Gasteiger partial charge in [0.05, 0.1) is 0 Å². The van der Waals surface area contributed by atoms with E-state index in [-0.39, 0.29) is 17.2 Å². The number of aromatic nitrogens is 1. The third-order valence-electron chi connectivity index (χ3n) is 3.51. The number of nitrogens with zero attached hydrogens (tertiary/aromatic N) is 2. The van der Waals surface area contributed by atoms with Crippen molar-refractivity contribution in [3.8, 4) is 17.2 Å². The van der Waals surface area contributed by atoms with Crippen molar-refractivity contribution in [2.75, 3.05) is 5.73 Å². The Morgan fingerprint density at radius 2 is 2.05 bits per heavy atom. The fourth-order valence-electron chi connectivity index (χ4n) is 2.68. The van der Waals surface area contributed by atoms with E-state index in [1.165, 1.54) is 6.07 Å². The minimum atomic E-state index is -0.335. The Labute approximate surface area is 110 Å². The number of benzene rings is 1. The minimum absolute atomic E-state index is 0.196. The van der Waals surface area contributed by atoms with Gasteiger partial charge in [0, 0.05) is 16.8 Å². The zero-order valence-corrected chi connectivity index (χ0v) is 10.3. The smallest absolute Gasteiger partial charge is 0.142 e. The number of pyridine rings is 1. The average Bonchev–Trinajstić information content (AvgIpc) is 2.85. The number of hydrogen-bond donors (Lipinski definition) is 1. The monoisotopic (exact) mass is 253 g/mol. The molecular weight excluding hydrogens is 241 g/mol. The summed E-state index contributed by atoms with van der Waals surface area (Å²) in [5, 5.41) is 9.29. The Bertz CT molecular complexity index is 701. The van der Waals surface area contributed by atoms with Gasteiger partial charge in [-0.3, -0.25) is 0 Å². The molecule has 0 bridgehead atoms. The molecule has 0 fully saturated rings. The predicted molar refractivity (Wildman–Crippen MR) is 70.8 cm³/mol. The molecule has 2 N–H and O–H groups in total. The van der Waals surface area contributed by atoms with Crippen molar-refractivity contribution in [2.45, 2.75) is 19.3 Å². The molecule has 3 nitrogen and oxygen atoms in total. The van der Waals surface area contributed by atoms with Gasteiger partial charge < -0.3 is 5.73 Å². The molecule has 0 saturated heterocycles. The van der Waals surface area contributed by atoms with Crippen LogP contribution in [0.1, 0.15) is 23.2 Å². The highest BCUT2D eigenvalue weighted by Gasteiger charge is 2.24. The minimum Gasteiger partial charge on any atom is -0.383 e. The molecule has 94 valence electrons. The van der Waals surface area contributed by atoms with E-state index >= 15 is 0 Å². The summed E-state index contributed by atoms with van der Waals surface area (Å²) >= 11 is 0. The Morgan fingerprint density at radius 3 is 2.79 bits per heavy atom. The van der Waals surface area contributed by atoms with E-state index in [4.69, 9.17) is 5.73 Å². The number of aryl methyl sites for hydroxylation is 1. The summed E-state index contributed by atoms with van der Waals surface area (Å²) < 4.78 is 14.0. The second-order valence-corrected chi connectivity index (χ2v) is 4.62. The molecule has 0 amide bonds. The topological polar surface area (TPSA) is 62.7 Å². The van der Waals surface area contributed by atoms with Crippen molar-refractivity contribution in [1.82, 2.24) is 4.98 Å². The van der Waals surface area contributed by atoms with E-state index in [0.717, 1.165) is 30.5 Å². The molecule has 0 radical (unpaired) electrons. The van der Waals surface area contributed by atoms with Crippen LogP contribution in [0.15, 0.2) is 24.3 Å². The first-order valence-electron chi connectivity index (χ1n) is 6.18. The number of nitrogen functional groups attached to an aromatic ring is 1. The molecule has 0 aliphatic heterocycles. The Morgan fingerprint density at radius 1 is 1.26 bits per heavy atom. The molecule has 1 aromatic heterocycles. The van der Waals surface area contributed by atoms with Crippen molar-refractivity contribution < 1.29 is 4.39 Å². The van der Waals surface area contributed by atoms with E-state index in [0.29, 0.717) is 11.1 Å². The number of rotatable bonds is 1. The van der Waals surface area contributed by atoms with Crippen molar-refractivity contribution in [3.05, 3.63) is 46.9 Å². The molecule has 3 rings (SSSR count). The maximum absolute atomic E-state index is 14.0. The van der Waals surface area contributed by atoms with E-state index in [9.17, 15) is 9.65 Å². The van der Waals surface area contributed by atoms with E-state index in [1.807, 2.05) is 0 Å². The van der Waals surface area contributed by atoms with Gasteiger partial charge in [0.2, 0.25) is 0 Å². The highest BCUT2D eigenvalue weighted by molar-refractivity contribution is 5.79. The molecule has 19 heavy (non-hydrogen) atoms. The van der Waals surface area contributed by atoms with Crippen LogP contribution in [0, 0.1) is 17.1 Å². The summed E-state index contributed by atoms with van der Waals surface area (Å²) in [5.74, 6) is -0.139. The predicted octanol–water partition coefficient (Wildman–Crippen LogP) is 2.83. The van der Waals surface area contributed by atoms with Crippen molar-refractivity contribution >= 4 is 5.82 Å². The van der Waals surface area contributed by atoms with Gasteiger partial charge in [0.15, 0.2) is 0 Å². The van der Waals surface area contributed by atoms with E-state index < -0.39 is 0 Å². The number of hydrogen-bond acceptors (Lipinski definition) is 3. The lowest BCUT2D eigenvalue weighted by Crippen LogP contribution is -2.04. The molecule has 1 aromatic carbocycles. The molecule has 0 atom stereocenters. The van der Waals surface area contributed by atoms with E-state index in [1.54, 1.807) is 18.2 Å². The Balaban J connectivity index is 2.38. The third kappa shape index (κ3) is 1.75. The molecular formula is C15H12FN3. The van der Waals surface area contributed by atoms with Gasteiger partial charge in [-0.05, 0) is 30.9 Å². The largest absolute Gasteiger partial charge is 0.383 e. The first-order valence-corrected chi connectivity index (χ1v) is 6.18. The zero-order chi connectivity index (χ0) is 13.4. The molecule has 1 aliphatic carbocycles. The summed E-state index contributed by atoms with van der Waals surface area (Å²) in [6, 6.07) is 8.54. The zero-order valence-electron chi connectivity index (χ0n) is 10.3. The van der Waals surface area contributed by atoms with Crippen LogP contribution in [0.5, 0.6) is 0 Å². The lowest BCUT2D eigenvalue weighted by molar-refractivity contribution is 0.631. The van der Waals surface area contributed by atoms with Crippen LogP contribution < -0.4 is 5.73 Å². The summed E-state index contributed by atoms with van der Waals surface area (Å²) in [6.07, 6.45) is 2.63. The highest BCUT2D eigenvalue weighted by Crippen LogP contribution is 2.37. The van der Waals surface area contributed by atoms with Gasteiger partial charge in [0.1, 0.15) is 23.3 Å². The maximum atomic E-state index is 14.0. The lowest BCUT2D eigenvalue weighted by Gasteiger charge is -2.13. The van der Waals surface area contributed by atoms with Crippen molar-refractivity contribution in [2.24, 2.45) is 0 Å². The van der Waals surface area contributed by atoms with E-state index in [2.05, 4.69) is 11.1 Å². The van der Waals surface area contributed by atoms with Gasteiger partial charge in [-0.1, -0.05) is 18.2 Å². The number of nitriles is 1. The Kier molecular flexibility index (Phi) is 2.68. The summed E-state index contributed by atoms with van der Waals surface area (Å²) in [7, 11) is 0. The van der Waals surface area contributed by atoms with Gasteiger partial charge in [-0.2, -0.15) is 5.26 Å². The normalized spacial score (nSPS) is 13.1. The van der Waals surface area contributed by atoms with Crippen LogP contribution in [0.3, 0.4) is 0 Å². The average molecular weight is 253 g/mol. The molecule has 0 saturated carbocycles. The standard InChI is InChI=1S/C15H12FN3/c16-12-6-2-1-4-9(12)14-10-5-3-7-13(10)19-15(18)11(14)8-17/h1-2,4,6H,3,5,7H2,(H2,18,19). The number of fused-ring (bicyclic) bond motifs is 1. The van der Waals surface area contributed by atoms with Gasteiger partial charge in [-0.25, -0.2) is 9.37 Å². The second kappa shape index (κ2) is 4.36. The number of halogens is 1. The van der Waals surface area contributed by atoms with Gasteiger partial charge >= 0.3 is 0 Å². The first-order chi connectivity index (χ1) is 9.22. The first kappa shape index (κ1) is 11.7. The third-order valence-corrected chi connectivity index (χ3v) is 3.51. The molecule has 1 aliphatic rings. The molecule has 0 unspecified atom stereocenters. The number of nitrogens with two attached hydrogens (primary N) is 1. The van der Waals surface area contributed by atoms with Crippen LogP contribution >= 0.6 is 0 Å². The lowest BCUT2D eigenvalue weighted by atomic mass is 9.94. The van der Waals surface area contributed by atoms with Gasteiger partial charge in [-0.15, -0.1) is 0 Å². The molecule has 2 aromatic rings. The van der Waals surface area contributed by atoms with Crippen molar-refractivity contribution in [3.63, 3.8) is 0 Å². The quantitative estimate of drug-likeness (QED) is 0.850. The van der Waals surface area contributed by atoms with Gasteiger partial charge in [0.25, 0.3) is 0 Å². The molecule has 0 spiro atoms. The number of anilines is 1. The second-order valence-electron chi connectivity index (χ2n) is 4.62. The van der Waals surface area contributed by atoms with Crippen LogP contribution in [0.25, 0.3) is 11.1 Å². The van der Waals surface area contributed by atoms with Crippen LogP contribution in [0.4, 0.5) is 10.2 Å².